The van der Waals surface area contributed by atoms with Crippen LogP contribution in [-0.4, -0.2) is 17.5 Å². The quantitative estimate of drug-likeness (QED) is 0.804. The molecule has 1 atom stereocenters. The van der Waals surface area contributed by atoms with Crippen LogP contribution in [0, 0.1) is 0 Å². The van der Waals surface area contributed by atoms with E-state index in [1.54, 1.807) is 24.4 Å². The zero-order valence-corrected chi connectivity index (χ0v) is 12.9. The van der Waals surface area contributed by atoms with Crippen LogP contribution in [0.5, 0.6) is 5.75 Å². The van der Waals surface area contributed by atoms with Crippen molar-refractivity contribution in [3.63, 3.8) is 0 Å². The van der Waals surface area contributed by atoms with Crippen molar-refractivity contribution in [1.82, 2.24) is 10.3 Å². The number of benzene rings is 1. The first kappa shape index (κ1) is 15.3. The van der Waals surface area contributed by atoms with Crippen LogP contribution in [0.1, 0.15) is 41.7 Å². The van der Waals surface area contributed by atoms with E-state index in [0.717, 1.165) is 11.4 Å². The average Bonchev–Trinajstić information content (AvgIpc) is 2.99. The van der Waals surface area contributed by atoms with Gasteiger partial charge in [0.25, 0.3) is 5.91 Å². The summed E-state index contributed by atoms with van der Waals surface area (Å²) in [5.41, 5.74) is 6.73. The van der Waals surface area contributed by atoms with E-state index in [0.29, 0.717) is 23.6 Å². The van der Waals surface area contributed by atoms with Crippen LogP contribution in [0.25, 0.3) is 0 Å². The number of hydrogen-bond acceptors (Lipinski definition) is 5. The number of nitrogens with zero attached hydrogens (tertiary/aromatic N) is 1. The Balaban J connectivity index is 2.24. The SMILES string of the molecule is CCOc1cccc(N)c1C(=O)NC(CC)c1nccs1. The van der Waals surface area contributed by atoms with E-state index in [2.05, 4.69) is 10.3 Å². The van der Waals surface area contributed by atoms with Crippen LogP contribution < -0.4 is 15.8 Å². The van der Waals surface area contributed by atoms with Crippen LogP contribution >= 0.6 is 11.3 Å². The highest BCUT2D eigenvalue weighted by Crippen LogP contribution is 2.26. The van der Waals surface area contributed by atoms with Crippen molar-refractivity contribution in [2.24, 2.45) is 0 Å². The third-order valence-corrected chi connectivity index (χ3v) is 3.94. The third-order valence-electron chi connectivity index (χ3n) is 3.05. The first-order valence-electron chi connectivity index (χ1n) is 6.88. The molecule has 0 spiro atoms. The highest BCUT2D eigenvalue weighted by molar-refractivity contribution is 7.09. The molecule has 0 aliphatic heterocycles. The first-order valence-corrected chi connectivity index (χ1v) is 7.76. The number of thiazole rings is 1. The monoisotopic (exact) mass is 305 g/mol. The molecule has 5 nitrogen and oxygen atoms in total. The minimum atomic E-state index is -0.237. The van der Waals surface area contributed by atoms with Gasteiger partial charge in [-0.15, -0.1) is 11.3 Å². The Morgan fingerprint density at radius 2 is 2.29 bits per heavy atom. The van der Waals surface area contributed by atoms with E-state index in [4.69, 9.17) is 10.5 Å². The normalized spacial score (nSPS) is 11.9. The van der Waals surface area contributed by atoms with Crippen molar-refractivity contribution in [3.8, 4) is 5.75 Å². The van der Waals surface area contributed by atoms with Crippen LogP contribution in [0.15, 0.2) is 29.8 Å². The second-order valence-electron chi connectivity index (χ2n) is 4.46. The number of nitrogens with two attached hydrogens (primary N) is 1. The fraction of sp³-hybridized carbons (Fsp3) is 0.333. The molecule has 0 bridgehead atoms. The van der Waals surface area contributed by atoms with Crippen LogP contribution in [0.3, 0.4) is 0 Å². The molecule has 0 aliphatic rings. The van der Waals surface area contributed by atoms with Crippen LogP contribution in [-0.2, 0) is 0 Å². The molecule has 1 amide bonds. The largest absolute Gasteiger partial charge is 0.493 e. The molecular weight excluding hydrogens is 286 g/mol. The number of ether oxygens (including phenoxy) is 1. The standard InChI is InChI=1S/C15H19N3O2S/c1-3-11(15-17-8-9-21-15)18-14(19)13-10(16)6-5-7-12(13)20-4-2/h5-9,11H,3-4,16H2,1-2H3,(H,18,19). The predicted molar refractivity (Wildman–Crippen MR) is 84.6 cm³/mol. The lowest BCUT2D eigenvalue weighted by atomic mass is 10.1. The topological polar surface area (TPSA) is 77.2 Å². The number of nitrogens with one attached hydrogen (secondary N) is 1. The van der Waals surface area contributed by atoms with Crippen LogP contribution in [0.4, 0.5) is 5.69 Å². The van der Waals surface area contributed by atoms with Gasteiger partial charge < -0.3 is 15.8 Å². The Morgan fingerprint density at radius 1 is 1.48 bits per heavy atom. The van der Waals surface area contributed by atoms with E-state index in [-0.39, 0.29) is 11.9 Å². The lowest BCUT2D eigenvalue weighted by Crippen LogP contribution is -2.29. The highest BCUT2D eigenvalue weighted by atomic mass is 32.1. The van der Waals surface area contributed by atoms with E-state index in [1.807, 2.05) is 19.2 Å². The van der Waals surface area contributed by atoms with Gasteiger partial charge in [0.2, 0.25) is 0 Å². The maximum atomic E-state index is 12.5. The summed E-state index contributed by atoms with van der Waals surface area (Å²) >= 11 is 1.52. The van der Waals surface area contributed by atoms with Gasteiger partial charge in [-0.3, -0.25) is 4.79 Å². The molecule has 0 aliphatic carbocycles. The minimum Gasteiger partial charge on any atom is -0.493 e. The van der Waals surface area contributed by atoms with Gasteiger partial charge in [0, 0.05) is 17.3 Å². The molecule has 1 unspecified atom stereocenters. The summed E-state index contributed by atoms with van der Waals surface area (Å²) in [7, 11) is 0. The minimum absolute atomic E-state index is 0.119. The molecule has 1 aromatic carbocycles. The molecule has 3 N–H and O–H groups in total. The molecule has 0 radical (unpaired) electrons. The number of anilines is 1. The van der Waals surface area contributed by atoms with Gasteiger partial charge in [0.15, 0.2) is 0 Å². The Kier molecular flexibility index (Phi) is 5.16. The number of aromatic nitrogens is 1. The molecule has 2 rings (SSSR count). The lowest BCUT2D eigenvalue weighted by Gasteiger charge is -2.17. The lowest BCUT2D eigenvalue weighted by molar-refractivity contribution is 0.0932. The fourth-order valence-electron chi connectivity index (χ4n) is 2.04. The summed E-state index contributed by atoms with van der Waals surface area (Å²) in [6, 6.07) is 5.10. The molecule has 0 saturated heterocycles. The molecule has 112 valence electrons. The molecule has 6 heteroatoms. The van der Waals surface area contributed by atoms with Crippen LogP contribution in [0.2, 0.25) is 0 Å². The summed E-state index contributed by atoms with van der Waals surface area (Å²) in [5, 5.41) is 5.76. The van der Waals surface area contributed by atoms with Gasteiger partial charge in [0.1, 0.15) is 16.3 Å². The van der Waals surface area contributed by atoms with Gasteiger partial charge in [0.05, 0.1) is 12.6 Å². The predicted octanol–water partition coefficient (Wildman–Crippen LogP) is 3.01. The second kappa shape index (κ2) is 7.08. The molecule has 1 heterocycles. The number of nitrogen functional groups attached to an aromatic ring is 1. The molecule has 0 saturated carbocycles. The van der Waals surface area contributed by atoms with Crippen molar-refractivity contribution in [1.29, 1.82) is 0 Å². The summed E-state index contributed by atoms with van der Waals surface area (Å²) in [6.07, 6.45) is 2.49. The maximum Gasteiger partial charge on any atom is 0.257 e. The number of amides is 1. The summed E-state index contributed by atoms with van der Waals surface area (Å²) in [6.45, 7) is 4.35. The Hall–Kier alpha value is -2.08. The maximum absolute atomic E-state index is 12.5. The second-order valence-corrected chi connectivity index (χ2v) is 5.38. The Bertz CT molecular complexity index is 599. The van der Waals surface area contributed by atoms with Crippen molar-refractivity contribution in [2.45, 2.75) is 26.3 Å². The van der Waals surface area contributed by atoms with Gasteiger partial charge >= 0.3 is 0 Å². The van der Waals surface area contributed by atoms with Gasteiger partial charge in [-0.1, -0.05) is 13.0 Å². The molecular formula is C15H19N3O2S. The number of carbonyl (C=O) groups is 1. The molecule has 0 fully saturated rings. The van der Waals surface area contributed by atoms with Crippen molar-refractivity contribution < 1.29 is 9.53 Å². The average molecular weight is 305 g/mol. The Morgan fingerprint density at radius 3 is 2.90 bits per heavy atom. The molecule has 21 heavy (non-hydrogen) atoms. The summed E-state index contributed by atoms with van der Waals surface area (Å²) in [4.78, 5) is 16.8. The zero-order chi connectivity index (χ0) is 15.2. The van der Waals surface area contributed by atoms with Gasteiger partial charge in [-0.05, 0) is 25.5 Å². The number of rotatable bonds is 6. The van der Waals surface area contributed by atoms with Gasteiger partial charge in [-0.2, -0.15) is 0 Å². The van der Waals surface area contributed by atoms with E-state index in [1.165, 1.54) is 11.3 Å². The highest BCUT2D eigenvalue weighted by Gasteiger charge is 2.21. The van der Waals surface area contributed by atoms with Crippen molar-refractivity contribution >= 4 is 22.9 Å². The van der Waals surface area contributed by atoms with E-state index in [9.17, 15) is 4.79 Å². The summed E-state index contributed by atoms with van der Waals surface area (Å²) in [5.74, 6) is 0.266. The van der Waals surface area contributed by atoms with E-state index >= 15 is 0 Å². The fourth-order valence-corrected chi connectivity index (χ4v) is 2.81. The smallest absolute Gasteiger partial charge is 0.257 e. The third kappa shape index (κ3) is 3.52. The van der Waals surface area contributed by atoms with Gasteiger partial charge in [-0.25, -0.2) is 4.98 Å². The van der Waals surface area contributed by atoms with E-state index < -0.39 is 0 Å². The number of carbonyl (C=O) groups excluding carboxylic acids is 1. The van der Waals surface area contributed by atoms with Crippen molar-refractivity contribution in [2.75, 3.05) is 12.3 Å². The number of hydrogen-bond donors (Lipinski definition) is 2. The zero-order valence-electron chi connectivity index (χ0n) is 12.1. The summed E-state index contributed by atoms with van der Waals surface area (Å²) < 4.78 is 5.49. The molecule has 1 aromatic heterocycles. The van der Waals surface area contributed by atoms with Crippen molar-refractivity contribution in [3.05, 3.63) is 40.3 Å². The molecule has 2 aromatic rings. The first-order chi connectivity index (χ1) is 10.2. The Labute approximate surface area is 128 Å².